The standard InChI is InChI=1S/C15H13BN2O4S/c17-7-12-6-13(18)3-4-15(12)23(20,21)9-10-1-2-11-8-22-16(19)14(11)5-10/h1-6,19H,8-9,18H2. The number of nitrogens with two attached hydrogens (primary N) is 1. The summed E-state index contributed by atoms with van der Waals surface area (Å²) in [7, 11) is -4.74. The third-order valence-corrected chi connectivity index (χ3v) is 5.43. The molecule has 0 aromatic heterocycles. The predicted molar refractivity (Wildman–Crippen MR) is 85.3 cm³/mol. The van der Waals surface area contributed by atoms with Gasteiger partial charge >= 0.3 is 7.12 Å². The minimum Gasteiger partial charge on any atom is -0.423 e. The van der Waals surface area contributed by atoms with Crippen LogP contribution in [0.25, 0.3) is 0 Å². The van der Waals surface area contributed by atoms with Gasteiger partial charge in [-0.2, -0.15) is 5.26 Å². The lowest BCUT2D eigenvalue weighted by molar-refractivity contribution is 0.275. The highest BCUT2D eigenvalue weighted by atomic mass is 32.2. The van der Waals surface area contributed by atoms with Crippen molar-refractivity contribution in [3.05, 3.63) is 53.1 Å². The van der Waals surface area contributed by atoms with Gasteiger partial charge in [-0.1, -0.05) is 18.2 Å². The van der Waals surface area contributed by atoms with Gasteiger partial charge in [-0.25, -0.2) is 8.42 Å². The first-order valence-electron chi connectivity index (χ1n) is 6.84. The van der Waals surface area contributed by atoms with Crippen LogP contribution in [0.1, 0.15) is 16.7 Å². The highest BCUT2D eigenvalue weighted by Gasteiger charge is 2.28. The van der Waals surface area contributed by atoms with Crippen LogP contribution in [-0.4, -0.2) is 20.6 Å². The molecule has 3 N–H and O–H groups in total. The third kappa shape index (κ3) is 2.94. The van der Waals surface area contributed by atoms with E-state index in [9.17, 15) is 13.4 Å². The van der Waals surface area contributed by atoms with Crippen LogP contribution in [-0.2, 0) is 26.9 Å². The Balaban J connectivity index is 1.97. The lowest BCUT2D eigenvalue weighted by atomic mass is 9.79. The highest BCUT2D eigenvalue weighted by Crippen LogP contribution is 2.23. The maximum absolute atomic E-state index is 12.6. The normalized spacial score (nSPS) is 13.7. The molecule has 0 unspecified atom stereocenters. The average Bonchev–Trinajstić information content (AvgIpc) is 2.87. The van der Waals surface area contributed by atoms with E-state index in [-0.39, 0.29) is 16.2 Å². The molecule has 0 saturated heterocycles. The molecule has 1 aliphatic heterocycles. The first kappa shape index (κ1) is 15.6. The van der Waals surface area contributed by atoms with Crippen molar-refractivity contribution in [3.63, 3.8) is 0 Å². The Kier molecular flexibility index (Phi) is 3.86. The molecule has 0 aliphatic carbocycles. The quantitative estimate of drug-likeness (QED) is 0.620. The van der Waals surface area contributed by atoms with Crippen molar-refractivity contribution in [2.24, 2.45) is 0 Å². The van der Waals surface area contributed by atoms with Crippen LogP contribution in [0.2, 0.25) is 0 Å². The highest BCUT2D eigenvalue weighted by molar-refractivity contribution is 7.90. The van der Waals surface area contributed by atoms with Crippen molar-refractivity contribution in [1.29, 1.82) is 5.26 Å². The average molecular weight is 328 g/mol. The lowest BCUT2D eigenvalue weighted by Gasteiger charge is -2.08. The summed E-state index contributed by atoms with van der Waals surface area (Å²) in [4.78, 5) is -0.0495. The minimum absolute atomic E-state index is 0.0227. The molecule has 2 aromatic carbocycles. The number of benzene rings is 2. The van der Waals surface area contributed by atoms with Crippen LogP contribution in [0.3, 0.4) is 0 Å². The van der Waals surface area contributed by atoms with Crippen molar-refractivity contribution < 1.29 is 18.1 Å². The van der Waals surface area contributed by atoms with Crippen LogP contribution in [0.5, 0.6) is 0 Å². The molecule has 0 bridgehead atoms. The van der Waals surface area contributed by atoms with E-state index in [1.165, 1.54) is 18.2 Å². The smallest absolute Gasteiger partial charge is 0.423 e. The van der Waals surface area contributed by atoms with Gasteiger partial charge in [0.1, 0.15) is 6.07 Å². The fourth-order valence-electron chi connectivity index (χ4n) is 2.56. The van der Waals surface area contributed by atoms with Crippen LogP contribution in [0.4, 0.5) is 5.69 Å². The second kappa shape index (κ2) is 5.70. The first-order valence-corrected chi connectivity index (χ1v) is 8.50. The van der Waals surface area contributed by atoms with Gasteiger partial charge in [0, 0.05) is 5.69 Å². The van der Waals surface area contributed by atoms with Gasteiger partial charge in [0.2, 0.25) is 0 Å². The summed E-state index contributed by atoms with van der Waals surface area (Å²) in [6.07, 6.45) is 0. The maximum atomic E-state index is 12.6. The molecule has 0 spiro atoms. The second-order valence-corrected chi connectivity index (χ2v) is 7.28. The van der Waals surface area contributed by atoms with Crippen LogP contribution in [0.15, 0.2) is 41.3 Å². The summed E-state index contributed by atoms with van der Waals surface area (Å²) in [5.74, 6) is -0.272. The molecule has 1 heterocycles. The number of sulfone groups is 1. The Morgan fingerprint density at radius 1 is 1.30 bits per heavy atom. The number of nitrogens with zero attached hydrogens (tertiary/aromatic N) is 1. The van der Waals surface area contributed by atoms with Crippen LogP contribution < -0.4 is 11.2 Å². The summed E-state index contributed by atoms with van der Waals surface area (Å²) in [6, 6.07) is 11.0. The van der Waals surface area contributed by atoms with Crippen molar-refractivity contribution in [2.45, 2.75) is 17.3 Å². The van der Waals surface area contributed by atoms with Gasteiger partial charge in [-0.3, -0.25) is 0 Å². The van der Waals surface area contributed by atoms with Crippen molar-refractivity contribution in [2.75, 3.05) is 5.73 Å². The number of hydrogen-bond donors (Lipinski definition) is 2. The molecule has 23 heavy (non-hydrogen) atoms. The lowest BCUT2D eigenvalue weighted by Crippen LogP contribution is -2.28. The van der Waals surface area contributed by atoms with Crippen molar-refractivity contribution >= 4 is 28.1 Å². The minimum atomic E-state index is -3.71. The first-order chi connectivity index (χ1) is 10.9. The molecule has 8 heteroatoms. The fraction of sp³-hybridized carbons (Fsp3) is 0.133. The zero-order chi connectivity index (χ0) is 16.6. The van der Waals surface area contributed by atoms with E-state index in [4.69, 9.17) is 15.6 Å². The molecule has 0 saturated carbocycles. The number of fused-ring (bicyclic) bond motifs is 1. The molecule has 6 nitrogen and oxygen atoms in total. The van der Waals surface area contributed by atoms with Gasteiger partial charge in [-0.15, -0.1) is 0 Å². The molecule has 1 aliphatic rings. The van der Waals surface area contributed by atoms with E-state index in [0.29, 0.717) is 23.3 Å². The van der Waals surface area contributed by atoms with E-state index in [1.54, 1.807) is 18.2 Å². The number of hydrogen-bond acceptors (Lipinski definition) is 6. The van der Waals surface area contributed by atoms with Gasteiger partial charge in [-0.05, 0) is 34.8 Å². The summed E-state index contributed by atoms with van der Waals surface area (Å²) in [5.41, 5.74) is 7.88. The van der Waals surface area contributed by atoms with E-state index >= 15 is 0 Å². The van der Waals surface area contributed by atoms with E-state index in [0.717, 1.165) is 5.56 Å². The summed E-state index contributed by atoms with van der Waals surface area (Å²) in [5, 5.41) is 18.8. The number of nitrogen functional groups attached to an aromatic ring is 1. The Hall–Kier alpha value is -2.34. The summed E-state index contributed by atoms with van der Waals surface area (Å²) >= 11 is 0. The largest absolute Gasteiger partial charge is 0.491 e. The molecular formula is C15H13BN2O4S. The molecule has 0 fully saturated rings. The van der Waals surface area contributed by atoms with Gasteiger partial charge in [0.05, 0.1) is 22.8 Å². The van der Waals surface area contributed by atoms with Gasteiger partial charge in [0.25, 0.3) is 0 Å². The van der Waals surface area contributed by atoms with Crippen LogP contribution in [0, 0.1) is 11.3 Å². The molecular weight excluding hydrogens is 315 g/mol. The van der Waals surface area contributed by atoms with E-state index < -0.39 is 17.0 Å². The Morgan fingerprint density at radius 2 is 2.09 bits per heavy atom. The number of anilines is 1. The molecule has 0 radical (unpaired) electrons. The van der Waals surface area contributed by atoms with Crippen molar-refractivity contribution in [3.8, 4) is 6.07 Å². The molecule has 2 aromatic rings. The number of rotatable bonds is 3. The Labute approximate surface area is 134 Å². The van der Waals surface area contributed by atoms with Gasteiger partial charge in [0.15, 0.2) is 9.84 Å². The second-order valence-electron chi connectivity index (χ2n) is 5.32. The topological polar surface area (TPSA) is 113 Å². The third-order valence-electron chi connectivity index (χ3n) is 3.69. The number of nitriles is 1. The van der Waals surface area contributed by atoms with Crippen LogP contribution >= 0.6 is 0 Å². The molecule has 116 valence electrons. The Bertz CT molecular complexity index is 922. The fourth-order valence-corrected chi connectivity index (χ4v) is 4.05. The van der Waals surface area contributed by atoms with E-state index in [2.05, 4.69) is 0 Å². The zero-order valence-electron chi connectivity index (χ0n) is 12.1. The SMILES string of the molecule is N#Cc1cc(N)ccc1S(=O)(=O)Cc1ccc2c(c1)B(O)OC2. The maximum Gasteiger partial charge on any atom is 0.491 e. The predicted octanol–water partition coefficient (Wildman–Crippen LogP) is 0.332. The molecule has 3 rings (SSSR count). The van der Waals surface area contributed by atoms with Crippen molar-refractivity contribution in [1.82, 2.24) is 0 Å². The van der Waals surface area contributed by atoms with Gasteiger partial charge < -0.3 is 15.4 Å². The molecule has 0 amide bonds. The summed E-state index contributed by atoms with van der Waals surface area (Å²) in [6.45, 7) is 0.306. The monoisotopic (exact) mass is 328 g/mol. The molecule has 0 atom stereocenters. The Morgan fingerprint density at radius 3 is 2.83 bits per heavy atom. The van der Waals surface area contributed by atoms with E-state index in [1.807, 2.05) is 6.07 Å². The zero-order valence-corrected chi connectivity index (χ0v) is 12.9. The summed E-state index contributed by atoms with van der Waals surface area (Å²) < 4.78 is 30.3.